The topological polar surface area (TPSA) is 9.23 Å². The minimum absolute atomic E-state index is 0.284. The van der Waals surface area contributed by atoms with Gasteiger partial charge in [-0.15, -0.1) is 0 Å². The fraction of sp³-hybridized carbons (Fsp3) is 0.600. The molecule has 0 atom stereocenters. The zero-order valence-electron chi connectivity index (χ0n) is 10.8. The maximum absolute atomic E-state index is 5.86. The SMILES string of the molecule is CC(C)Cc1ccc2c(c1)OCC(C)(C)C2. The molecule has 0 saturated carbocycles. The van der Waals surface area contributed by atoms with Crippen molar-refractivity contribution in [2.45, 2.75) is 40.5 Å². The van der Waals surface area contributed by atoms with E-state index >= 15 is 0 Å². The van der Waals surface area contributed by atoms with E-state index in [1.54, 1.807) is 0 Å². The van der Waals surface area contributed by atoms with Crippen LogP contribution < -0.4 is 4.74 Å². The molecule has 0 bridgehead atoms. The van der Waals surface area contributed by atoms with E-state index < -0.39 is 0 Å². The number of fused-ring (bicyclic) bond motifs is 1. The van der Waals surface area contributed by atoms with Crippen molar-refractivity contribution < 1.29 is 4.74 Å². The molecular formula is C15H22O. The van der Waals surface area contributed by atoms with Crippen LogP contribution in [0.15, 0.2) is 18.2 Å². The molecule has 1 aliphatic rings. The van der Waals surface area contributed by atoms with Crippen LogP contribution in [0.1, 0.15) is 38.8 Å². The molecule has 0 radical (unpaired) electrons. The van der Waals surface area contributed by atoms with E-state index in [-0.39, 0.29) is 5.41 Å². The van der Waals surface area contributed by atoms with Crippen LogP contribution in [0.2, 0.25) is 0 Å². The van der Waals surface area contributed by atoms with Crippen molar-refractivity contribution in [1.82, 2.24) is 0 Å². The van der Waals surface area contributed by atoms with Crippen molar-refractivity contribution in [2.24, 2.45) is 11.3 Å². The molecule has 0 aliphatic carbocycles. The number of ether oxygens (including phenoxy) is 1. The summed E-state index contributed by atoms with van der Waals surface area (Å²) in [5, 5.41) is 0. The third-order valence-electron chi connectivity index (χ3n) is 3.06. The maximum Gasteiger partial charge on any atom is 0.122 e. The van der Waals surface area contributed by atoms with Crippen molar-refractivity contribution in [2.75, 3.05) is 6.61 Å². The van der Waals surface area contributed by atoms with Crippen LogP contribution in [0.4, 0.5) is 0 Å². The molecule has 1 aromatic rings. The Morgan fingerprint density at radius 1 is 1.31 bits per heavy atom. The Kier molecular flexibility index (Phi) is 2.96. The highest BCUT2D eigenvalue weighted by molar-refractivity contribution is 5.39. The number of hydrogen-bond donors (Lipinski definition) is 0. The van der Waals surface area contributed by atoms with Crippen molar-refractivity contribution in [1.29, 1.82) is 0 Å². The van der Waals surface area contributed by atoms with E-state index in [0.717, 1.165) is 25.2 Å². The second kappa shape index (κ2) is 4.12. The van der Waals surface area contributed by atoms with Gasteiger partial charge in [-0.1, -0.05) is 39.8 Å². The predicted molar refractivity (Wildman–Crippen MR) is 68.0 cm³/mol. The minimum Gasteiger partial charge on any atom is -0.493 e. The molecule has 1 aromatic carbocycles. The molecule has 0 saturated heterocycles. The molecule has 0 aromatic heterocycles. The average Bonchev–Trinajstić information content (AvgIpc) is 2.16. The summed E-state index contributed by atoms with van der Waals surface area (Å²) in [6.07, 6.45) is 2.27. The predicted octanol–water partition coefficient (Wildman–Crippen LogP) is 3.85. The van der Waals surface area contributed by atoms with Gasteiger partial charge in [-0.05, 0) is 36.0 Å². The Bertz CT molecular complexity index is 377. The molecule has 0 N–H and O–H groups in total. The Hall–Kier alpha value is -0.980. The van der Waals surface area contributed by atoms with Gasteiger partial charge < -0.3 is 4.74 Å². The lowest BCUT2D eigenvalue weighted by Crippen LogP contribution is -2.28. The van der Waals surface area contributed by atoms with Gasteiger partial charge in [-0.2, -0.15) is 0 Å². The summed E-state index contributed by atoms with van der Waals surface area (Å²) in [7, 11) is 0. The van der Waals surface area contributed by atoms with Gasteiger partial charge in [-0.25, -0.2) is 0 Å². The van der Waals surface area contributed by atoms with Crippen LogP contribution in [-0.4, -0.2) is 6.61 Å². The summed E-state index contributed by atoms with van der Waals surface area (Å²) in [5.74, 6) is 1.82. The molecule has 1 heterocycles. The summed E-state index contributed by atoms with van der Waals surface area (Å²) in [6.45, 7) is 9.87. The van der Waals surface area contributed by atoms with Gasteiger partial charge in [-0.3, -0.25) is 0 Å². The molecule has 88 valence electrons. The smallest absolute Gasteiger partial charge is 0.122 e. The third kappa shape index (κ3) is 2.58. The van der Waals surface area contributed by atoms with Crippen molar-refractivity contribution >= 4 is 0 Å². The molecule has 1 nitrogen and oxygen atoms in total. The zero-order chi connectivity index (χ0) is 11.8. The van der Waals surface area contributed by atoms with Crippen molar-refractivity contribution in [3.63, 3.8) is 0 Å². The Balaban J connectivity index is 2.21. The van der Waals surface area contributed by atoms with E-state index in [1.165, 1.54) is 11.1 Å². The minimum atomic E-state index is 0.284. The molecule has 1 aliphatic heterocycles. The first-order valence-corrected chi connectivity index (χ1v) is 6.21. The van der Waals surface area contributed by atoms with Crippen molar-refractivity contribution in [3.8, 4) is 5.75 Å². The van der Waals surface area contributed by atoms with E-state index in [4.69, 9.17) is 4.74 Å². The molecule has 16 heavy (non-hydrogen) atoms. The Morgan fingerprint density at radius 2 is 2.06 bits per heavy atom. The summed E-state index contributed by atoms with van der Waals surface area (Å²) >= 11 is 0. The van der Waals surface area contributed by atoms with E-state index in [1.807, 2.05) is 0 Å². The highest BCUT2D eigenvalue weighted by atomic mass is 16.5. The standard InChI is InChI=1S/C15H22O/c1-11(2)7-12-5-6-13-9-15(3,4)10-16-14(13)8-12/h5-6,8,11H,7,9-10H2,1-4H3. The fourth-order valence-corrected chi connectivity index (χ4v) is 2.32. The van der Waals surface area contributed by atoms with Crippen LogP contribution in [0, 0.1) is 11.3 Å². The fourth-order valence-electron chi connectivity index (χ4n) is 2.32. The van der Waals surface area contributed by atoms with E-state index in [2.05, 4.69) is 45.9 Å². The first kappa shape index (κ1) is 11.5. The quantitative estimate of drug-likeness (QED) is 0.732. The highest BCUT2D eigenvalue weighted by Crippen LogP contribution is 2.34. The van der Waals surface area contributed by atoms with Gasteiger partial charge in [0.1, 0.15) is 5.75 Å². The largest absolute Gasteiger partial charge is 0.493 e. The highest BCUT2D eigenvalue weighted by Gasteiger charge is 2.26. The van der Waals surface area contributed by atoms with E-state index in [9.17, 15) is 0 Å². The van der Waals surface area contributed by atoms with Gasteiger partial charge in [0.15, 0.2) is 0 Å². The zero-order valence-corrected chi connectivity index (χ0v) is 10.8. The van der Waals surface area contributed by atoms with Crippen LogP contribution in [0.25, 0.3) is 0 Å². The molecule has 0 amide bonds. The first-order chi connectivity index (χ1) is 7.46. The summed E-state index contributed by atoms with van der Waals surface area (Å²) in [4.78, 5) is 0. The second-order valence-electron chi connectivity index (χ2n) is 6.17. The van der Waals surface area contributed by atoms with E-state index in [0.29, 0.717) is 5.92 Å². The molecule has 1 heteroatoms. The van der Waals surface area contributed by atoms with Gasteiger partial charge >= 0.3 is 0 Å². The van der Waals surface area contributed by atoms with Crippen LogP contribution in [-0.2, 0) is 12.8 Å². The second-order valence-corrected chi connectivity index (χ2v) is 6.17. The van der Waals surface area contributed by atoms with Crippen LogP contribution >= 0.6 is 0 Å². The molecule has 0 fully saturated rings. The lowest BCUT2D eigenvalue weighted by atomic mass is 9.84. The third-order valence-corrected chi connectivity index (χ3v) is 3.06. The first-order valence-electron chi connectivity index (χ1n) is 6.21. The summed E-state index contributed by atoms with van der Waals surface area (Å²) < 4.78 is 5.86. The average molecular weight is 218 g/mol. The van der Waals surface area contributed by atoms with Crippen LogP contribution in [0.5, 0.6) is 5.75 Å². The molecule has 0 unspecified atom stereocenters. The normalized spacial score (nSPS) is 18.1. The molecule has 0 spiro atoms. The van der Waals surface area contributed by atoms with Crippen LogP contribution in [0.3, 0.4) is 0 Å². The summed E-state index contributed by atoms with van der Waals surface area (Å²) in [6, 6.07) is 6.72. The molecule has 2 rings (SSSR count). The lowest BCUT2D eigenvalue weighted by Gasteiger charge is -2.31. The van der Waals surface area contributed by atoms with Crippen molar-refractivity contribution in [3.05, 3.63) is 29.3 Å². The Labute approximate surface area is 98.8 Å². The number of rotatable bonds is 2. The van der Waals surface area contributed by atoms with Gasteiger partial charge in [0, 0.05) is 5.41 Å². The maximum atomic E-state index is 5.86. The lowest BCUT2D eigenvalue weighted by molar-refractivity contribution is 0.155. The molecular weight excluding hydrogens is 196 g/mol. The number of benzene rings is 1. The number of hydrogen-bond acceptors (Lipinski definition) is 1. The Morgan fingerprint density at radius 3 is 2.75 bits per heavy atom. The monoisotopic (exact) mass is 218 g/mol. The van der Waals surface area contributed by atoms with Gasteiger partial charge in [0.05, 0.1) is 6.61 Å². The van der Waals surface area contributed by atoms with Gasteiger partial charge in [0.25, 0.3) is 0 Å². The summed E-state index contributed by atoms with van der Waals surface area (Å²) in [5.41, 5.74) is 3.05. The van der Waals surface area contributed by atoms with Gasteiger partial charge in [0.2, 0.25) is 0 Å².